The number of benzene rings is 1. The van der Waals surface area contributed by atoms with E-state index in [2.05, 4.69) is 0 Å². The second-order valence-corrected chi connectivity index (χ2v) is 2.21. The molecule has 0 saturated heterocycles. The zero-order chi connectivity index (χ0) is 12.6. The van der Waals surface area contributed by atoms with E-state index >= 15 is 0 Å². The van der Waals surface area contributed by atoms with Crippen LogP contribution in [-0.2, 0) is 0 Å². The Bertz CT molecular complexity index is 462. The molecule has 0 bridgehead atoms. The summed E-state index contributed by atoms with van der Waals surface area (Å²) < 4.78 is 21.9. The lowest BCUT2D eigenvalue weighted by Gasteiger charge is -1.95. The van der Waals surface area contributed by atoms with Crippen LogP contribution in [0.3, 0.4) is 0 Å². The quantitative estimate of drug-likeness (QED) is 0.519. The maximum absolute atomic E-state index is 10.6. The van der Waals surface area contributed by atoms with E-state index in [1.807, 2.05) is 0 Å². The van der Waals surface area contributed by atoms with Crippen molar-refractivity contribution in [3.8, 4) is 0 Å². The predicted molar refractivity (Wildman–Crippen MR) is 44.5 cm³/mol. The van der Waals surface area contributed by atoms with Crippen molar-refractivity contribution in [1.29, 1.82) is 0 Å². The predicted octanol–water partition coefficient (Wildman–Crippen LogP) is 1.81. The first-order valence-electron chi connectivity index (χ1n) is 4.68. The van der Waals surface area contributed by atoms with E-state index in [-0.39, 0.29) is 5.56 Å². The summed E-state index contributed by atoms with van der Waals surface area (Å²) in [5.41, 5.74) is -2.03. The smallest absolute Gasteiger partial charge is 0.258 e. The monoisotopic (exact) mass is 185 g/mol. The number of nitro groups is 2. The van der Waals surface area contributed by atoms with Crippen LogP contribution in [0.2, 0.25) is 0 Å². The van der Waals surface area contributed by atoms with Crippen molar-refractivity contribution in [3.05, 3.63) is 43.9 Å². The number of hydrogen-bond donors (Lipinski definition) is 0. The summed E-state index contributed by atoms with van der Waals surface area (Å²) in [5, 5.41) is 21.1. The lowest BCUT2D eigenvalue weighted by Crippen LogP contribution is -1.94. The standard InChI is InChI=1S/C7H6N2O4/c1-5-2-3-6(8(10)11)4-7(5)9(12)13/h2-4H,1H3/i2D,3D,4D. The minimum absolute atomic E-state index is 0.217. The Labute approximate surface area is 77.3 Å². The van der Waals surface area contributed by atoms with E-state index in [0.29, 0.717) is 0 Å². The maximum atomic E-state index is 10.6. The van der Waals surface area contributed by atoms with Crippen LogP contribution in [0.4, 0.5) is 11.4 Å². The molecule has 68 valence electrons. The Kier molecular flexibility index (Phi) is 1.38. The fourth-order valence-corrected chi connectivity index (χ4v) is 0.723. The topological polar surface area (TPSA) is 86.3 Å². The molecular formula is C7H6N2O4. The summed E-state index contributed by atoms with van der Waals surface area (Å²) in [4.78, 5) is 19.1. The van der Waals surface area contributed by atoms with Gasteiger partial charge in [0.25, 0.3) is 11.4 Å². The number of nitrogens with zero attached hydrogens (tertiary/aromatic N) is 2. The van der Waals surface area contributed by atoms with Gasteiger partial charge in [-0.05, 0) is 13.0 Å². The SMILES string of the molecule is [2H]c1c([2H])c([N+](=O)[O-])c([2H])c([N+](=O)[O-])c1C. The summed E-state index contributed by atoms with van der Waals surface area (Å²) >= 11 is 0. The molecule has 0 N–H and O–H groups in total. The normalized spacial score (nSPS) is 12.8. The molecule has 0 fully saturated rings. The minimum atomic E-state index is -1.06. The summed E-state index contributed by atoms with van der Waals surface area (Å²) in [7, 11) is 0. The summed E-state index contributed by atoms with van der Waals surface area (Å²) in [5.74, 6) is 0. The van der Waals surface area contributed by atoms with Gasteiger partial charge in [-0.3, -0.25) is 20.2 Å². The Morgan fingerprint density at radius 3 is 2.38 bits per heavy atom. The lowest BCUT2D eigenvalue weighted by molar-refractivity contribution is -0.394. The van der Waals surface area contributed by atoms with Crippen molar-refractivity contribution >= 4 is 11.4 Å². The van der Waals surface area contributed by atoms with Gasteiger partial charge in [0.15, 0.2) is 0 Å². The zero-order valence-corrected chi connectivity index (χ0v) is 6.53. The molecule has 0 amide bonds. The molecule has 0 aliphatic heterocycles. The minimum Gasteiger partial charge on any atom is -0.258 e. The second-order valence-electron chi connectivity index (χ2n) is 2.21. The van der Waals surface area contributed by atoms with Crippen LogP contribution in [0.5, 0.6) is 0 Å². The van der Waals surface area contributed by atoms with Gasteiger partial charge in [0.05, 0.1) is 20.0 Å². The van der Waals surface area contributed by atoms with E-state index < -0.39 is 39.3 Å². The lowest BCUT2D eigenvalue weighted by atomic mass is 10.2. The highest BCUT2D eigenvalue weighted by molar-refractivity contribution is 5.48. The van der Waals surface area contributed by atoms with Crippen molar-refractivity contribution in [2.45, 2.75) is 6.92 Å². The van der Waals surface area contributed by atoms with Gasteiger partial charge in [-0.2, -0.15) is 0 Å². The van der Waals surface area contributed by atoms with Gasteiger partial charge in [-0.15, -0.1) is 0 Å². The van der Waals surface area contributed by atoms with Crippen LogP contribution in [0, 0.1) is 27.2 Å². The fraction of sp³-hybridized carbons (Fsp3) is 0.143. The van der Waals surface area contributed by atoms with Crippen LogP contribution in [0.25, 0.3) is 0 Å². The van der Waals surface area contributed by atoms with Crippen LogP contribution >= 0.6 is 0 Å². The van der Waals surface area contributed by atoms with Crippen LogP contribution in [-0.4, -0.2) is 9.85 Å². The molecular weight excluding hydrogens is 176 g/mol. The largest absolute Gasteiger partial charge is 0.279 e. The Morgan fingerprint density at radius 2 is 1.92 bits per heavy atom. The van der Waals surface area contributed by atoms with Crippen LogP contribution in [0.15, 0.2) is 18.1 Å². The van der Waals surface area contributed by atoms with Gasteiger partial charge in [-0.25, -0.2) is 0 Å². The molecule has 1 rings (SSSR count). The average Bonchev–Trinajstić information content (AvgIpc) is 2.13. The average molecular weight is 185 g/mol. The Morgan fingerprint density at radius 1 is 1.31 bits per heavy atom. The summed E-state index contributed by atoms with van der Waals surface area (Å²) in [6, 6.07) is -2.32. The molecule has 0 aliphatic rings. The molecule has 13 heavy (non-hydrogen) atoms. The van der Waals surface area contributed by atoms with E-state index in [1.54, 1.807) is 0 Å². The third-order valence-corrected chi connectivity index (χ3v) is 1.33. The molecule has 0 unspecified atom stereocenters. The van der Waals surface area contributed by atoms with Crippen molar-refractivity contribution < 1.29 is 14.0 Å². The molecule has 0 atom stereocenters. The molecule has 0 spiro atoms. The van der Waals surface area contributed by atoms with Crippen molar-refractivity contribution in [2.75, 3.05) is 0 Å². The van der Waals surface area contributed by atoms with Crippen molar-refractivity contribution in [1.82, 2.24) is 0 Å². The Balaban J connectivity index is 3.80. The molecule has 1 aromatic rings. The van der Waals surface area contributed by atoms with Gasteiger partial charge in [-0.1, -0.05) is 0 Å². The number of hydrogen-bond acceptors (Lipinski definition) is 4. The molecule has 0 heterocycles. The highest BCUT2D eigenvalue weighted by Gasteiger charge is 2.15. The highest BCUT2D eigenvalue weighted by Crippen LogP contribution is 2.23. The molecule has 1 aromatic carbocycles. The van der Waals surface area contributed by atoms with E-state index in [1.165, 1.54) is 6.92 Å². The van der Waals surface area contributed by atoms with Crippen LogP contribution in [0.1, 0.15) is 9.68 Å². The van der Waals surface area contributed by atoms with Gasteiger partial charge in [0.1, 0.15) is 0 Å². The van der Waals surface area contributed by atoms with Gasteiger partial charge >= 0.3 is 0 Å². The van der Waals surface area contributed by atoms with Gasteiger partial charge in [0, 0.05) is 11.6 Å². The molecule has 0 aliphatic carbocycles. The summed E-state index contributed by atoms with van der Waals surface area (Å²) in [6.45, 7) is 1.18. The van der Waals surface area contributed by atoms with Gasteiger partial charge in [0.2, 0.25) is 0 Å². The van der Waals surface area contributed by atoms with Crippen LogP contribution < -0.4 is 0 Å². The van der Waals surface area contributed by atoms with E-state index in [9.17, 15) is 20.2 Å². The van der Waals surface area contributed by atoms with E-state index in [0.717, 1.165) is 0 Å². The first-order chi connectivity index (χ1) is 7.29. The van der Waals surface area contributed by atoms with E-state index in [4.69, 9.17) is 4.11 Å². The second kappa shape index (κ2) is 3.18. The molecule has 6 heteroatoms. The number of rotatable bonds is 2. The summed E-state index contributed by atoms with van der Waals surface area (Å²) in [6.07, 6.45) is 0. The van der Waals surface area contributed by atoms with Gasteiger partial charge < -0.3 is 0 Å². The third-order valence-electron chi connectivity index (χ3n) is 1.33. The van der Waals surface area contributed by atoms with Crippen molar-refractivity contribution in [3.63, 3.8) is 0 Å². The zero-order valence-electron chi connectivity index (χ0n) is 9.53. The maximum Gasteiger partial charge on any atom is 0.279 e. The molecule has 0 saturated carbocycles. The Hall–Kier alpha value is -1.98. The molecule has 6 nitrogen and oxygen atoms in total. The number of nitro benzene ring substituents is 2. The fourth-order valence-electron chi connectivity index (χ4n) is 0.723. The molecule has 0 aromatic heterocycles. The first-order valence-corrected chi connectivity index (χ1v) is 3.18. The van der Waals surface area contributed by atoms with Crippen molar-refractivity contribution in [2.24, 2.45) is 0 Å². The third kappa shape index (κ3) is 1.78. The first kappa shape index (κ1) is 5.63. The molecule has 0 radical (unpaired) electrons. The highest BCUT2D eigenvalue weighted by atomic mass is 16.6.